The van der Waals surface area contributed by atoms with Gasteiger partial charge in [-0.1, -0.05) is 0 Å². The Bertz CT molecular complexity index is 473. The molecule has 3 N–H and O–H groups in total. The lowest BCUT2D eigenvalue weighted by Crippen LogP contribution is -2.13. The Morgan fingerprint density at radius 3 is 3.08 bits per heavy atom. The summed E-state index contributed by atoms with van der Waals surface area (Å²) in [5.74, 6) is -0.437. The van der Waals surface area contributed by atoms with Crippen LogP contribution in [0.25, 0.3) is 11.0 Å². The van der Waals surface area contributed by atoms with E-state index < -0.39 is 5.91 Å². The summed E-state index contributed by atoms with van der Waals surface area (Å²) in [6.07, 6.45) is 1.78. The van der Waals surface area contributed by atoms with E-state index in [1.807, 2.05) is 6.07 Å². The van der Waals surface area contributed by atoms with Crippen molar-refractivity contribution in [3.8, 4) is 0 Å². The third-order valence-corrected chi connectivity index (χ3v) is 1.99. The van der Waals surface area contributed by atoms with Gasteiger partial charge in [0.2, 0.25) is 0 Å². The molecule has 2 rings (SSSR count). The van der Waals surface area contributed by atoms with Gasteiger partial charge >= 0.3 is 0 Å². The van der Waals surface area contributed by atoms with Gasteiger partial charge in [-0.3, -0.25) is 4.79 Å². The summed E-state index contributed by atoms with van der Waals surface area (Å²) in [5, 5.41) is 0.902. The van der Waals surface area contributed by atoms with Gasteiger partial charge in [0.25, 0.3) is 5.91 Å². The van der Waals surface area contributed by atoms with E-state index in [1.165, 1.54) is 0 Å². The van der Waals surface area contributed by atoms with Gasteiger partial charge in [-0.2, -0.15) is 0 Å². The minimum absolute atomic E-state index is 0.437. The molecule has 0 saturated heterocycles. The number of aromatic amines is 1. The van der Waals surface area contributed by atoms with Gasteiger partial charge in [0, 0.05) is 11.6 Å². The highest BCUT2D eigenvalue weighted by atomic mass is 16.1. The Morgan fingerprint density at radius 2 is 2.38 bits per heavy atom. The minimum Gasteiger partial charge on any atom is -0.366 e. The second-order valence-electron chi connectivity index (χ2n) is 2.90. The lowest BCUT2D eigenvalue weighted by molar-refractivity contribution is 0.0999. The van der Waals surface area contributed by atoms with E-state index >= 15 is 0 Å². The molecule has 0 atom stereocenters. The zero-order chi connectivity index (χ0) is 9.42. The topological polar surface area (TPSA) is 71.8 Å². The number of hydrogen-bond donors (Lipinski definition) is 2. The maximum atomic E-state index is 11.0. The number of nitrogens with zero attached hydrogens (tertiary/aromatic N) is 1. The Hall–Kier alpha value is -1.84. The fourth-order valence-corrected chi connectivity index (χ4v) is 1.32. The number of aryl methyl sites for hydroxylation is 1. The van der Waals surface area contributed by atoms with Crippen LogP contribution < -0.4 is 5.73 Å². The molecule has 0 radical (unpaired) electrons. The summed E-state index contributed by atoms with van der Waals surface area (Å²) in [7, 11) is 0. The van der Waals surface area contributed by atoms with Crippen molar-refractivity contribution >= 4 is 16.9 Å². The van der Waals surface area contributed by atoms with Crippen molar-refractivity contribution in [3.63, 3.8) is 0 Å². The predicted octanol–water partition coefficient (Wildman–Crippen LogP) is 0.970. The number of pyridine rings is 1. The van der Waals surface area contributed by atoms with Crippen molar-refractivity contribution in [2.45, 2.75) is 6.92 Å². The number of primary amides is 1. The number of H-pyrrole nitrogens is 1. The van der Waals surface area contributed by atoms with Crippen LogP contribution in [0.15, 0.2) is 18.3 Å². The molecule has 4 nitrogen and oxygen atoms in total. The van der Waals surface area contributed by atoms with E-state index in [9.17, 15) is 4.79 Å². The van der Waals surface area contributed by atoms with Crippen LogP contribution in [-0.2, 0) is 0 Å². The molecule has 2 aromatic rings. The van der Waals surface area contributed by atoms with E-state index in [2.05, 4.69) is 9.97 Å². The fraction of sp³-hybridized carbons (Fsp3) is 0.111. The number of carbonyl (C=O) groups is 1. The normalized spacial score (nSPS) is 10.5. The van der Waals surface area contributed by atoms with Crippen molar-refractivity contribution in [3.05, 3.63) is 29.6 Å². The van der Waals surface area contributed by atoms with Crippen LogP contribution in [0.3, 0.4) is 0 Å². The van der Waals surface area contributed by atoms with Gasteiger partial charge in [-0.05, 0) is 19.1 Å². The Kier molecular flexibility index (Phi) is 1.55. The number of hydrogen-bond acceptors (Lipinski definition) is 2. The molecule has 0 aliphatic rings. The quantitative estimate of drug-likeness (QED) is 0.677. The van der Waals surface area contributed by atoms with Crippen LogP contribution in [-0.4, -0.2) is 15.9 Å². The number of fused-ring (bicyclic) bond motifs is 1. The van der Waals surface area contributed by atoms with Gasteiger partial charge in [0.15, 0.2) is 0 Å². The van der Waals surface area contributed by atoms with Crippen LogP contribution in [0.4, 0.5) is 0 Å². The fourth-order valence-electron chi connectivity index (χ4n) is 1.32. The molecule has 0 bridgehead atoms. The largest absolute Gasteiger partial charge is 0.366 e. The molecule has 66 valence electrons. The Morgan fingerprint density at radius 1 is 1.62 bits per heavy atom. The molecule has 2 aromatic heterocycles. The Balaban J connectivity index is 2.76. The highest BCUT2D eigenvalue weighted by molar-refractivity contribution is 5.97. The molecule has 0 aliphatic heterocycles. The number of nitrogens with one attached hydrogen (secondary N) is 1. The molecule has 13 heavy (non-hydrogen) atoms. The lowest BCUT2D eigenvalue weighted by Gasteiger charge is -1.99. The number of amides is 1. The molecule has 0 saturated carbocycles. The Labute approximate surface area is 74.8 Å². The number of aromatic nitrogens is 2. The van der Waals surface area contributed by atoms with Crippen molar-refractivity contribution in [1.82, 2.24) is 9.97 Å². The van der Waals surface area contributed by atoms with E-state index in [1.54, 1.807) is 19.2 Å². The van der Waals surface area contributed by atoms with Gasteiger partial charge in [-0.15, -0.1) is 0 Å². The maximum Gasteiger partial charge on any atom is 0.250 e. The lowest BCUT2D eigenvalue weighted by atomic mass is 10.1. The summed E-state index contributed by atoms with van der Waals surface area (Å²) in [6, 6.07) is 3.60. The summed E-state index contributed by atoms with van der Waals surface area (Å²) in [4.78, 5) is 18.1. The molecule has 2 heterocycles. The SMILES string of the molecule is Cc1nc2[nH]ccc2cc1C(N)=O. The highest BCUT2D eigenvalue weighted by Crippen LogP contribution is 2.14. The van der Waals surface area contributed by atoms with Gasteiger partial charge < -0.3 is 10.7 Å². The maximum absolute atomic E-state index is 11.0. The number of nitrogens with two attached hydrogens (primary N) is 1. The van der Waals surface area contributed by atoms with Crippen LogP contribution in [0, 0.1) is 6.92 Å². The van der Waals surface area contributed by atoms with E-state index in [4.69, 9.17) is 5.73 Å². The highest BCUT2D eigenvalue weighted by Gasteiger charge is 2.07. The summed E-state index contributed by atoms with van der Waals surface area (Å²) >= 11 is 0. The zero-order valence-electron chi connectivity index (χ0n) is 7.16. The van der Waals surface area contributed by atoms with Crippen molar-refractivity contribution < 1.29 is 4.79 Å². The van der Waals surface area contributed by atoms with E-state index in [0.29, 0.717) is 11.3 Å². The first kappa shape index (κ1) is 7.79. The first-order valence-corrected chi connectivity index (χ1v) is 3.93. The molecule has 0 aromatic carbocycles. The molecule has 4 heteroatoms. The zero-order valence-corrected chi connectivity index (χ0v) is 7.16. The number of carbonyl (C=O) groups excluding carboxylic acids is 1. The summed E-state index contributed by atoms with van der Waals surface area (Å²) < 4.78 is 0. The predicted molar refractivity (Wildman–Crippen MR) is 49.3 cm³/mol. The van der Waals surface area contributed by atoms with Crippen molar-refractivity contribution in [2.24, 2.45) is 5.73 Å². The third kappa shape index (κ3) is 1.16. The molecule has 0 fully saturated rings. The standard InChI is InChI=1S/C9H9N3O/c1-5-7(8(10)13)4-6-2-3-11-9(6)12-5/h2-4H,1H3,(H2,10,13)(H,11,12). The van der Waals surface area contributed by atoms with Crippen LogP contribution >= 0.6 is 0 Å². The average Bonchev–Trinajstić information content (AvgIpc) is 2.48. The van der Waals surface area contributed by atoms with Crippen molar-refractivity contribution in [2.75, 3.05) is 0 Å². The van der Waals surface area contributed by atoms with Crippen LogP contribution in [0.2, 0.25) is 0 Å². The molecule has 0 unspecified atom stereocenters. The average molecular weight is 175 g/mol. The third-order valence-electron chi connectivity index (χ3n) is 1.99. The van der Waals surface area contributed by atoms with Crippen molar-refractivity contribution in [1.29, 1.82) is 0 Å². The molecular formula is C9H9N3O. The molecular weight excluding hydrogens is 166 g/mol. The van der Waals surface area contributed by atoms with E-state index in [-0.39, 0.29) is 0 Å². The second kappa shape index (κ2) is 2.58. The first-order chi connectivity index (χ1) is 6.18. The molecule has 0 aliphatic carbocycles. The molecule has 0 spiro atoms. The van der Waals surface area contributed by atoms with E-state index in [0.717, 1.165) is 11.0 Å². The minimum atomic E-state index is -0.437. The smallest absolute Gasteiger partial charge is 0.250 e. The molecule has 1 amide bonds. The first-order valence-electron chi connectivity index (χ1n) is 3.93. The van der Waals surface area contributed by atoms with Gasteiger partial charge in [0.1, 0.15) is 5.65 Å². The monoisotopic (exact) mass is 175 g/mol. The van der Waals surface area contributed by atoms with Gasteiger partial charge in [0.05, 0.1) is 11.3 Å². The summed E-state index contributed by atoms with van der Waals surface area (Å²) in [5.41, 5.74) is 7.10. The van der Waals surface area contributed by atoms with Crippen LogP contribution in [0.1, 0.15) is 16.1 Å². The second-order valence-corrected chi connectivity index (χ2v) is 2.90. The van der Waals surface area contributed by atoms with Gasteiger partial charge in [-0.25, -0.2) is 4.98 Å². The van der Waals surface area contributed by atoms with Crippen LogP contribution in [0.5, 0.6) is 0 Å². The number of rotatable bonds is 1. The summed E-state index contributed by atoms with van der Waals surface area (Å²) in [6.45, 7) is 1.76.